The molecule has 0 atom stereocenters. The lowest BCUT2D eigenvalue weighted by atomic mass is 10.1. The largest absolute Gasteiger partial charge is 0.323 e. The molecule has 0 aliphatic rings. The lowest BCUT2D eigenvalue weighted by Crippen LogP contribution is -2.24. The molecule has 0 aliphatic heterocycles. The molecule has 0 saturated carbocycles. The van der Waals surface area contributed by atoms with Crippen LogP contribution in [0.5, 0.6) is 0 Å². The first-order valence-corrected chi connectivity index (χ1v) is 6.35. The molecular formula is C13H16Cl2N2O. The summed E-state index contributed by atoms with van der Waals surface area (Å²) in [5, 5.41) is 6.19. The zero-order valence-corrected chi connectivity index (χ0v) is 12.1. The molecule has 18 heavy (non-hydrogen) atoms. The standard InChI is InChI=1S/C13H16Cl2N2O/c1-8(2)9(3)7-16-13(18)17-10-4-5-11(14)12(15)6-10/h4-8H,1-3H3,(H2,16,17,18)/b9-7+. The van der Waals surface area contributed by atoms with Crippen molar-refractivity contribution in [2.75, 3.05) is 5.32 Å². The van der Waals surface area contributed by atoms with E-state index in [1.54, 1.807) is 24.4 Å². The van der Waals surface area contributed by atoms with E-state index in [1.807, 2.05) is 6.92 Å². The van der Waals surface area contributed by atoms with Crippen molar-refractivity contribution in [3.05, 3.63) is 40.0 Å². The van der Waals surface area contributed by atoms with Crippen molar-refractivity contribution in [2.45, 2.75) is 20.8 Å². The molecule has 2 N–H and O–H groups in total. The lowest BCUT2D eigenvalue weighted by Gasteiger charge is -2.08. The molecule has 0 saturated heterocycles. The smallest absolute Gasteiger partial charge is 0.314 e. The fraction of sp³-hybridized carbons (Fsp3) is 0.308. The van der Waals surface area contributed by atoms with Crippen molar-refractivity contribution >= 4 is 34.9 Å². The highest BCUT2D eigenvalue weighted by Gasteiger charge is 2.03. The normalized spacial score (nSPS) is 11.6. The van der Waals surface area contributed by atoms with Gasteiger partial charge in [0.2, 0.25) is 0 Å². The van der Waals surface area contributed by atoms with Gasteiger partial charge in [-0.25, -0.2) is 4.79 Å². The second-order valence-electron chi connectivity index (χ2n) is 4.27. The van der Waals surface area contributed by atoms with E-state index in [1.165, 1.54) is 0 Å². The molecule has 3 nitrogen and oxygen atoms in total. The average Bonchev–Trinajstić information content (AvgIpc) is 2.30. The van der Waals surface area contributed by atoms with Crippen molar-refractivity contribution in [1.82, 2.24) is 5.32 Å². The summed E-state index contributed by atoms with van der Waals surface area (Å²) in [6.07, 6.45) is 1.69. The van der Waals surface area contributed by atoms with E-state index < -0.39 is 0 Å². The van der Waals surface area contributed by atoms with E-state index in [9.17, 15) is 4.79 Å². The average molecular weight is 287 g/mol. The third kappa shape index (κ3) is 4.59. The highest BCUT2D eigenvalue weighted by molar-refractivity contribution is 6.42. The topological polar surface area (TPSA) is 41.1 Å². The van der Waals surface area contributed by atoms with Crippen LogP contribution >= 0.6 is 23.2 Å². The Morgan fingerprint density at radius 2 is 1.94 bits per heavy atom. The highest BCUT2D eigenvalue weighted by Crippen LogP contribution is 2.24. The number of benzene rings is 1. The van der Waals surface area contributed by atoms with E-state index in [-0.39, 0.29) is 6.03 Å². The van der Waals surface area contributed by atoms with Crippen molar-refractivity contribution in [1.29, 1.82) is 0 Å². The molecule has 1 aromatic rings. The molecule has 0 radical (unpaired) electrons. The van der Waals surface area contributed by atoms with Crippen LogP contribution < -0.4 is 10.6 Å². The van der Waals surface area contributed by atoms with Gasteiger partial charge in [-0.1, -0.05) is 42.6 Å². The van der Waals surface area contributed by atoms with Gasteiger partial charge in [0, 0.05) is 11.9 Å². The molecule has 0 unspecified atom stereocenters. The molecule has 0 aliphatic carbocycles. The third-order valence-electron chi connectivity index (χ3n) is 2.52. The molecule has 0 aromatic heterocycles. The van der Waals surface area contributed by atoms with Gasteiger partial charge < -0.3 is 10.6 Å². The summed E-state index contributed by atoms with van der Waals surface area (Å²) in [5.41, 5.74) is 1.69. The summed E-state index contributed by atoms with van der Waals surface area (Å²) in [7, 11) is 0. The van der Waals surface area contributed by atoms with Gasteiger partial charge in [0.25, 0.3) is 0 Å². The number of nitrogens with one attached hydrogen (secondary N) is 2. The Morgan fingerprint density at radius 3 is 2.50 bits per heavy atom. The van der Waals surface area contributed by atoms with Crippen molar-refractivity contribution in [3.63, 3.8) is 0 Å². The van der Waals surface area contributed by atoms with Gasteiger partial charge in [0.1, 0.15) is 0 Å². The lowest BCUT2D eigenvalue weighted by molar-refractivity contribution is 0.255. The summed E-state index contributed by atoms with van der Waals surface area (Å²) < 4.78 is 0. The van der Waals surface area contributed by atoms with Crippen LogP contribution in [0.2, 0.25) is 10.0 Å². The van der Waals surface area contributed by atoms with E-state index in [4.69, 9.17) is 23.2 Å². The molecule has 2 amide bonds. The van der Waals surface area contributed by atoms with Crippen LogP contribution in [0.4, 0.5) is 10.5 Å². The number of anilines is 1. The summed E-state index contributed by atoms with van der Waals surface area (Å²) >= 11 is 11.6. The van der Waals surface area contributed by atoms with Crippen molar-refractivity contribution < 1.29 is 4.79 Å². The number of hydrogen-bond acceptors (Lipinski definition) is 1. The number of rotatable bonds is 3. The number of hydrogen-bond donors (Lipinski definition) is 2. The van der Waals surface area contributed by atoms with Crippen LogP contribution in [-0.2, 0) is 0 Å². The maximum absolute atomic E-state index is 11.6. The Kier molecular flexibility index (Phi) is 5.51. The Hall–Kier alpha value is -1.19. The minimum atomic E-state index is -0.312. The zero-order chi connectivity index (χ0) is 13.7. The monoisotopic (exact) mass is 286 g/mol. The van der Waals surface area contributed by atoms with Crippen LogP contribution in [0.25, 0.3) is 0 Å². The van der Waals surface area contributed by atoms with Gasteiger partial charge >= 0.3 is 6.03 Å². The summed E-state index contributed by atoms with van der Waals surface area (Å²) in [4.78, 5) is 11.6. The first kappa shape index (κ1) is 14.9. The second-order valence-corrected chi connectivity index (χ2v) is 5.08. The summed E-state index contributed by atoms with van der Waals surface area (Å²) in [5.74, 6) is 0.398. The van der Waals surface area contributed by atoms with E-state index in [0.29, 0.717) is 21.7 Å². The minimum Gasteiger partial charge on any atom is -0.314 e. The maximum Gasteiger partial charge on any atom is 0.323 e. The number of carbonyl (C=O) groups excluding carboxylic acids is 1. The second kappa shape index (κ2) is 6.66. The molecule has 0 spiro atoms. The molecule has 0 bridgehead atoms. The van der Waals surface area contributed by atoms with Crippen LogP contribution in [0, 0.1) is 5.92 Å². The Labute approximate surface area is 117 Å². The summed E-state index contributed by atoms with van der Waals surface area (Å²) in [6, 6.07) is 4.61. The van der Waals surface area contributed by atoms with Crippen LogP contribution in [0.3, 0.4) is 0 Å². The Bertz CT molecular complexity index is 470. The number of amides is 2. The summed E-state index contributed by atoms with van der Waals surface area (Å²) in [6.45, 7) is 6.08. The SMILES string of the molecule is C/C(=C\NC(=O)Nc1ccc(Cl)c(Cl)c1)C(C)C. The van der Waals surface area contributed by atoms with Crippen molar-refractivity contribution in [3.8, 4) is 0 Å². The van der Waals surface area contributed by atoms with Gasteiger partial charge in [-0.15, -0.1) is 0 Å². The maximum atomic E-state index is 11.6. The molecule has 1 aromatic carbocycles. The fourth-order valence-corrected chi connectivity index (χ4v) is 1.39. The van der Waals surface area contributed by atoms with Gasteiger partial charge in [0.15, 0.2) is 0 Å². The third-order valence-corrected chi connectivity index (χ3v) is 3.26. The first-order chi connectivity index (χ1) is 8.40. The number of halogens is 2. The number of carbonyl (C=O) groups is 1. The van der Waals surface area contributed by atoms with E-state index in [0.717, 1.165) is 5.57 Å². The minimum absolute atomic E-state index is 0.312. The van der Waals surface area contributed by atoms with Gasteiger partial charge in [-0.3, -0.25) is 0 Å². The molecule has 1 rings (SSSR count). The van der Waals surface area contributed by atoms with Gasteiger partial charge in [-0.2, -0.15) is 0 Å². The first-order valence-electron chi connectivity index (χ1n) is 5.59. The van der Waals surface area contributed by atoms with Crippen molar-refractivity contribution in [2.24, 2.45) is 5.92 Å². The number of allylic oxidation sites excluding steroid dienone is 1. The highest BCUT2D eigenvalue weighted by atomic mass is 35.5. The molecular weight excluding hydrogens is 271 g/mol. The zero-order valence-electron chi connectivity index (χ0n) is 10.6. The predicted octanol–water partition coefficient (Wildman–Crippen LogP) is 4.67. The number of urea groups is 1. The molecule has 0 fully saturated rings. The van der Waals surface area contributed by atoms with E-state index >= 15 is 0 Å². The molecule has 5 heteroatoms. The Balaban J connectivity index is 2.60. The van der Waals surface area contributed by atoms with Crippen LogP contribution in [0.15, 0.2) is 30.0 Å². The van der Waals surface area contributed by atoms with Gasteiger partial charge in [0.05, 0.1) is 10.0 Å². The fourth-order valence-electron chi connectivity index (χ4n) is 1.09. The van der Waals surface area contributed by atoms with E-state index in [2.05, 4.69) is 24.5 Å². The molecule has 98 valence electrons. The predicted molar refractivity (Wildman–Crippen MR) is 77.2 cm³/mol. The van der Waals surface area contributed by atoms with Crippen LogP contribution in [0.1, 0.15) is 20.8 Å². The van der Waals surface area contributed by atoms with Gasteiger partial charge in [-0.05, 0) is 31.0 Å². The Morgan fingerprint density at radius 1 is 1.28 bits per heavy atom. The van der Waals surface area contributed by atoms with Crippen LogP contribution in [-0.4, -0.2) is 6.03 Å². The molecule has 0 heterocycles. The quantitative estimate of drug-likeness (QED) is 0.833.